The van der Waals surface area contributed by atoms with Gasteiger partial charge in [-0.2, -0.15) is 0 Å². The van der Waals surface area contributed by atoms with Crippen LogP contribution >= 0.6 is 0 Å². The summed E-state index contributed by atoms with van der Waals surface area (Å²) in [4.78, 5) is 32.9. The van der Waals surface area contributed by atoms with E-state index in [1.54, 1.807) is 0 Å². The fourth-order valence-electron chi connectivity index (χ4n) is 5.43. The van der Waals surface area contributed by atoms with Crippen LogP contribution < -0.4 is 0 Å². The van der Waals surface area contributed by atoms with Crippen LogP contribution in [0.3, 0.4) is 0 Å². The van der Waals surface area contributed by atoms with Gasteiger partial charge in [-0.15, -0.1) is 0 Å². The van der Waals surface area contributed by atoms with Crippen LogP contribution in [0.15, 0.2) is 24.3 Å². The van der Waals surface area contributed by atoms with E-state index in [4.69, 9.17) is 0 Å². The van der Waals surface area contributed by atoms with Crippen molar-refractivity contribution < 1.29 is 9.59 Å². The van der Waals surface area contributed by atoms with Crippen molar-refractivity contribution in [1.29, 1.82) is 0 Å². The molecule has 1 aromatic rings. The Labute approximate surface area is 181 Å². The van der Waals surface area contributed by atoms with Crippen LogP contribution in [0, 0.1) is 18.8 Å². The number of aryl methyl sites for hydroxylation is 1. The Morgan fingerprint density at radius 3 is 2.03 bits per heavy atom. The van der Waals surface area contributed by atoms with E-state index in [-0.39, 0.29) is 11.9 Å². The fourth-order valence-corrected chi connectivity index (χ4v) is 5.43. The lowest BCUT2D eigenvalue weighted by molar-refractivity contribution is -0.141. The maximum atomic E-state index is 13.6. The predicted molar refractivity (Wildman–Crippen MR) is 119 cm³/mol. The summed E-state index contributed by atoms with van der Waals surface area (Å²) < 4.78 is 0. The standard InChI is InChI=1S/C25H37N3O2/c1-19-7-9-22(10-8-19)24(29)28-17-15-26(16-18-28)23(21-5-3-4-6-21)25(30)27-13-11-20(2)12-14-27/h7-10,20-21,23H,3-6,11-18H2,1-2H3/t23-/m0/s1. The van der Waals surface area contributed by atoms with Crippen LogP contribution in [0.4, 0.5) is 0 Å². The number of carbonyl (C=O) groups is 2. The molecule has 2 heterocycles. The van der Waals surface area contributed by atoms with Crippen LogP contribution in [-0.4, -0.2) is 71.8 Å². The van der Waals surface area contributed by atoms with Crippen molar-refractivity contribution in [3.8, 4) is 0 Å². The third-order valence-electron chi connectivity index (χ3n) is 7.49. The number of piperidine rings is 1. The van der Waals surface area contributed by atoms with Crippen LogP contribution in [0.5, 0.6) is 0 Å². The highest BCUT2D eigenvalue weighted by molar-refractivity contribution is 5.94. The van der Waals surface area contributed by atoms with Gasteiger partial charge in [0.15, 0.2) is 0 Å². The molecule has 5 heteroatoms. The first-order valence-electron chi connectivity index (χ1n) is 11.9. The minimum absolute atomic E-state index is 0.0116. The average molecular weight is 412 g/mol. The van der Waals surface area contributed by atoms with Crippen molar-refractivity contribution in [1.82, 2.24) is 14.7 Å². The van der Waals surface area contributed by atoms with Gasteiger partial charge in [0.1, 0.15) is 0 Å². The number of hydrogen-bond donors (Lipinski definition) is 0. The molecule has 1 aromatic carbocycles. The summed E-state index contributed by atoms with van der Waals surface area (Å²) in [7, 11) is 0. The Balaban J connectivity index is 1.41. The second-order valence-electron chi connectivity index (χ2n) is 9.69. The van der Waals surface area contributed by atoms with Crippen molar-refractivity contribution in [2.24, 2.45) is 11.8 Å². The van der Waals surface area contributed by atoms with Gasteiger partial charge < -0.3 is 9.80 Å². The van der Waals surface area contributed by atoms with E-state index in [1.165, 1.54) is 31.2 Å². The number of carbonyl (C=O) groups excluding carboxylic acids is 2. The van der Waals surface area contributed by atoms with Gasteiger partial charge in [0.2, 0.25) is 5.91 Å². The molecule has 30 heavy (non-hydrogen) atoms. The zero-order valence-electron chi connectivity index (χ0n) is 18.7. The van der Waals surface area contributed by atoms with Gasteiger partial charge in [-0.1, -0.05) is 37.5 Å². The first kappa shape index (κ1) is 21.4. The lowest BCUT2D eigenvalue weighted by atomic mass is 9.92. The molecule has 1 aliphatic carbocycles. The lowest BCUT2D eigenvalue weighted by Crippen LogP contribution is -2.59. The summed E-state index contributed by atoms with van der Waals surface area (Å²) in [6.07, 6.45) is 7.09. The summed E-state index contributed by atoms with van der Waals surface area (Å²) in [5, 5.41) is 0. The van der Waals surface area contributed by atoms with Crippen molar-refractivity contribution in [2.75, 3.05) is 39.3 Å². The van der Waals surface area contributed by atoms with E-state index >= 15 is 0 Å². The molecule has 3 aliphatic rings. The summed E-state index contributed by atoms with van der Waals surface area (Å²) in [6.45, 7) is 9.17. The highest BCUT2D eigenvalue weighted by Gasteiger charge is 2.39. The van der Waals surface area contributed by atoms with Crippen LogP contribution in [0.25, 0.3) is 0 Å². The maximum Gasteiger partial charge on any atom is 0.253 e. The molecular formula is C25H37N3O2. The lowest BCUT2D eigenvalue weighted by Gasteiger charge is -2.43. The normalized spacial score (nSPS) is 23.0. The molecule has 0 unspecified atom stereocenters. The van der Waals surface area contributed by atoms with E-state index in [1.807, 2.05) is 36.1 Å². The van der Waals surface area contributed by atoms with E-state index in [0.717, 1.165) is 50.5 Å². The molecule has 4 rings (SSSR count). The van der Waals surface area contributed by atoms with Crippen LogP contribution in [0.1, 0.15) is 61.4 Å². The minimum atomic E-state index is 0.0116. The molecule has 0 N–H and O–H groups in total. The molecule has 0 spiro atoms. The highest BCUT2D eigenvalue weighted by atomic mass is 16.2. The minimum Gasteiger partial charge on any atom is -0.341 e. The SMILES string of the molecule is Cc1ccc(C(=O)N2CCN([C@H](C(=O)N3CCC(C)CC3)C3CCCC3)CC2)cc1. The molecule has 0 aromatic heterocycles. The zero-order chi connectivity index (χ0) is 21.1. The van der Waals surface area contributed by atoms with Crippen LogP contribution in [0.2, 0.25) is 0 Å². The number of benzene rings is 1. The van der Waals surface area contributed by atoms with Gasteiger partial charge >= 0.3 is 0 Å². The molecule has 3 fully saturated rings. The third kappa shape index (κ3) is 4.72. The molecule has 2 saturated heterocycles. The molecule has 164 valence electrons. The number of likely N-dealkylation sites (tertiary alicyclic amines) is 1. The second kappa shape index (κ2) is 9.51. The monoisotopic (exact) mass is 411 g/mol. The van der Waals surface area contributed by atoms with E-state index in [2.05, 4.69) is 16.7 Å². The number of nitrogens with zero attached hydrogens (tertiary/aromatic N) is 3. The molecule has 5 nitrogen and oxygen atoms in total. The van der Waals surface area contributed by atoms with Gasteiger partial charge in [-0.25, -0.2) is 0 Å². The molecule has 0 bridgehead atoms. The number of hydrogen-bond acceptors (Lipinski definition) is 3. The molecule has 2 amide bonds. The van der Waals surface area contributed by atoms with Gasteiger partial charge in [0.05, 0.1) is 6.04 Å². The fraction of sp³-hybridized carbons (Fsp3) is 0.680. The summed E-state index contributed by atoms with van der Waals surface area (Å²) >= 11 is 0. The average Bonchev–Trinajstić information content (AvgIpc) is 3.29. The number of amides is 2. The first-order chi connectivity index (χ1) is 14.5. The Kier molecular flexibility index (Phi) is 6.77. The van der Waals surface area contributed by atoms with Crippen molar-refractivity contribution in [3.63, 3.8) is 0 Å². The molecule has 1 saturated carbocycles. The Bertz CT molecular complexity index is 725. The quantitative estimate of drug-likeness (QED) is 0.761. The molecule has 0 radical (unpaired) electrons. The predicted octanol–water partition coefficient (Wildman–Crippen LogP) is 3.57. The Hall–Kier alpha value is -1.88. The topological polar surface area (TPSA) is 43.9 Å². The molecule has 1 atom stereocenters. The van der Waals surface area contributed by atoms with Gasteiger partial charge in [-0.3, -0.25) is 14.5 Å². The largest absolute Gasteiger partial charge is 0.341 e. The maximum absolute atomic E-state index is 13.6. The van der Waals surface area contributed by atoms with Crippen LogP contribution in [-0.2, 0) is 4.79 Å². The summed E-state index contributed by atoms with van der Waals surface area (Å²) in [5.41, 5.74) is 1.93. The van der Waals surface area contributed by atoms with Gasteiger partial charge in [0, 0.05) is 44.8 Å². The van der Waals surface area contributed by atoms with Gasteiger partial charge in [-0.05, 0) is 56.6 Å². The zero-order valence-corrected chi connectivity index (χ0v) is 18.7. The van der Waals surface area contributed by atoms with E-state index in [0.29, 0.717) is 24.9 Å². The first-order valence-corrected chi connectivity index (χ1v) is 11.9. The van der Waals surface area contributed by atoms with Crippen molar-refractivity contribution >= 4 is 11.8 Å². The van der Waals surface area contributed by atoms with Gasteiger partial charge in [0.25, 0.3) is 5.91 Å². The highest BCUT2D eigenvalue weighted by Crippen LogP contribution is 2.33. The third-order valence-corrected chi connectivity index (χ3v) is 7.49. The smallest absolute Gasteiger partial charge is 0.253 e. The molecule has 2 aliphatic heterocycles. The summed E-state index contributed by atoms with van der Waals surface area (Å²) in [5.74, 6) is 1.68. The Morgan fingerprint density at radius 1 is 0.833 bits per heavy atom. The van der Waals surface area contributed by atoms with E-state index < -0.39 is 0 Å². The summed E-state index contributed by atoms with van der Waals surface area (Å²) in [6, 6.07) is 7.85. The number of piperazine rings is 1. The molecular weight excluding hydrogens is 374 g/mol. The number of rotatable bonds is 4. The van der Waals surface area contributed by atoms with Crippen molar-refractivity contribution in [2.45, 2.75) is 58.4 Å². The Morgan fingerprint density at radius 2 is 1.43 bits per heavy atom. The van der Waals surface area contributed by atoms with E-state index in [9.17, 15) is 9.59 Å². The van der Waals surface area contributed by atoms with Crippen molar-refractivity contribution in [3.05, 3.63) is 35.4 Å². The second-order valence-corrected chi connectivity index (χ2v) is 9.69.